The summed E-state index contributed by atoms with van der Waals surface area (Å²) in [5.41, 5.74) is -1.12. The summed E-state index contributed by atoms with van der Waals surface area (Å²) >= 11 is 17.6. The van der Waals surface area contributed by atoms with E-state index in [-0.39, 0.29) is 38.6 Å². The Kier molecular flexibility index (Phi) is 7.15. The fourth-order valence-electron chi connectivity index (χ4n) is 2.34. The highest BCUT2D eigenvalue weighted by Gasteiger charge is 2.35. The van der Waals surface area contributed by atoms with E-state index in [1.54, 1.807) is 0 Å². The Bertz CT molecular complexity index is 936. The van der Waals surface area contributed by atoms with Crippen LogP contribution in [-0.4, -0.2) is 17.9 Å². The summed E-state index contributed by atoms with van der Waals surface area (Å²) in [6.45, 7) is 1.34. The van der Waals surface area contributed by atoms with Gasteiger partial charge in [-0.2, -0.15) is 13.2 Å². The zero-order valence-electron chi connectivity index (χ0n) is 14.3. The van der Waals surface area contributed by atoms with Crippen LogP contribution in [-0.2, 0) is 11.3 Å². The molecule has 0 aliphatic rings. The van der Waals surface area contributed by atoms with Crippen molar-refractivity contribution in [3.63, 3.8) is 0 Å². The second-order valence-electron chi connectivity index (χ2n) is 5.79. The van der Waals surface area contributed by atoms with Crippen molar-refractivity contribution in [2.45, 2.75) is 19.6 Å². The van der Waals surface area contributed by atoms with Gasteiger partial charge < -0.3 is 5.32 Å². The van der Waals surface area contributed by atoms with Gasteiger partial charge in [0.05, 0.1) is 5.57 Å². The number of ketones is 1. The fourth-order valence-corrected chi connectivity index (χ4v) is 3.05. The highest BCUT2D eigenvalue weighted by molar-refractivity contribution is 6.35. The lowest BCUT2D eigenvalue weighted by molar-refractivity contribution is -0.119. The summed E-state index contributed by atoms with van der Waals surface area (Å²) in [6.07, 6.45) is -4.33. The van der Waals surface area contributed by atoms with Crippen LogP contribution in [0.3, 0.4) is 0 Å². The minimum Gasteiger partial charge on any atom is -0.352 e. The lowest BCUT2D eigenvalue weighted by Gasteiger charge is -2.13. The van der Waals surface area contributed by atoms with E-state index in [1.165, 1.54) is 31.2 Å². The molecule has 0 spiro atoms. The highest BCUT2D eigenvalue weighted by atomic mass is 35.5. The monoisotopic (exact) mass is 449 g/mol. The van der Waals surface area contributed by atoms with Crippen LogP contribution in [0.15, 0.2) is 42.5 Å². The van der Waals surface area contributed by atoms with Gasteiger partial charge >= 0.3 is 6.18 Å². The summed E-state index contributed by atoms with van der Waals surface area (Å²) in [7, 11) is 0. The van der Waals surface area contributed by atoms with Gasteiger partial charge in [-0.05, 0) is 53.6 Å². The first kappa shape index (κ1) is 22.3. The number of carbonyl (C=O) groups is 2. The van der Waals surface area contributed by atoms with E-state index in [0.717, 1.165) is 12.1 Å². The van der Waals surface area contributed by atoms with Gasteiger partial charge in [0.25, 0.3) is 0 Å². The molecule has 0 atom stereocenters. The van der Waals surface area contributed by atoms with Crippen LogP contribution in [0.25, 0.3) is 5.57 Å². The molecule has 1 amide bonds. The molecule has 0 fully saturated rings. The summed E-state index contributed by atoms with van der Waals surface area (Å²) in [5.74, 6) is -1.20. The molecule has 9 heteroatoms. The van der Waals surface area contributed by atoms with Gasteiger partial charge in [-0.1, -0.05) is 34.8 Å². The number of halogens is 6. The molecule has 3 nitrogen and oxygen atoms in total. The van der Waals surface area contributed by atoms with Crippen molar-refractivity contribution in [3.05, 3.63) is 74.2 Å². The zero-order chi connectivity index (χ0) is 21.1. The van der Waals surface area contributed by atoms with Crippen LogP contribution in [0.4, 0.5) is 13.2 Å². The van der Waals surface area contributed by atoms with Gasteiger partial charge in [-0.15, -0.1) is 0 Å². The van der Waals surface area contributed by atoms with E-state index >= 15 is 0 Å². The number of rotatable bonds is 5. The molecule has 2 rings (SSSR count). The van der Waals surface area contributed by atoms with E-state index < -0.39 is 17.5 Å². The van der Waals surface area contributed by atoms with Crippen molar-refractivity contribution in [2.24, 2.45) is 0 Å². The van der Waals surface area contributed by atoms with E-state index in [1.807, 2.05) is 0 Å². The van der Waals surface area contributed by atoms with E-state index in [4.69, 9.17) is 34.8 Å². The van der Waals surface area contributed by atoms with Crippen LogP contribution in [0, 0.1) is 0 Å². The number of carbonyl (C=O) groups excluding carboxylic acids is 2. The molecule has 0 aromatic heterocycles. The largest absolute Gasteiger partial charge is 0.417 e. The number of amides is 1. The average molecular weight is 451 g/mol. The third-order valence-corrected chi connectivity index (χ3v) is 4.42. The molecular weight excluding hydrogens is 438 g/mol. The number of nitrogens with one attached hydrogen (secondary N) is 1. The van der Waals surface area contributed by atoms with Crippen molar-refractivity contribution < 1.29 is 22.8 Å². The van der Waals surface area contributed by atoms with E-state index in [2.05, 4.69) is 5.32 Å². The molecular formula is C19H13Cl3F3NO2. The molecule has 0 aliphatic heterocycles. The fraction of sp³-hybridized carbons (Fsp3) is 0.158. The van der Waals surface area contributed by atoms with Crippen LogP contribution in [0.5, 0.6) is 0 Å². The first-order chi connectivity index (χ1) is 13.0. The summed E-state index contributed by atoms with van der Waals surface area (Å²) < 4.78 is 40.6. The van der Waals surface area contributed by atoms with Gasteiger partial charge in [0.15, 0.2) is 5.78 Å². The lowest BCUT2D eigenvalue weighted by atomic mass is 10.0. The third-order valence-electron chi connectivity index (χ3n) is 3.61. The van der Waals surface area contributed by atoms with Crippen LogP contribution in [0.1, 0.15) is 28.4 Å². The van der Waals surface area contributed by atoms with E-state index in [0.29, 0.717) is 11.6 Å². The lowest BCUT2D eigenvalue weighted by Crippen LogP contribution is -2.19. The zero-order valence-corrected chi connectivity index (χ0v) is 16.6. The average Bonchev–Trinajstić information content (AvgIpc) is 2.56. The Morgan fingerprint density at radius 2 is 1.61 bits per heavy atom. The first-order valence-electron chi connectivity index (χ1n) is 7.80. The van der Waals surface area contributed by atoms with Crippen molar-refractivity contribution in [1.29, 1.82) is 0 Å². The Morgan fingerprint density at radius 1 is 1.00 bits per heavy atom. The number of allylic oxidation sites excluding steroid dienone is 2. The maximum absolute atomic E-state index is 13.5. The number of hydrogen-bond donors (Lipinski definition) is 1. The summed E-state index contributed by atoms with van der Waals surface area (Å²) in [6, 6.07) is 7.45. The molecule has 2 aromatic rings. The quantitative estimate of drug-likeness (QED) is 0.441. The normalized spacial score (nSPS) is 12.0. The predicted octanol–water partition coefficient (Wildman–Crippen LogP) is 6.11. The second kappa shape index (κ2) is 8.99. The molecule has 0 unspecified atom stereocenters. The van der Waals surface area contributed by atoms with Gasteiger partial charge in [-0.3, -0.25) is 9.59 Å². The Hall–Kier alpha value is -2.02. The molecule has 0 saturated heterocycles. The Labute approximate surface area is 174 Å². The smallest absolute Gasteiger partial charge is 0.352 e. The van der Waals surface area contributed by atoms with Crippen molar-refractivity contribution >= 4 is 52.1 Å². The maximum atomic E-state index is 13.5. The Balaban J connectivity index is 2.46. The van der Waals surface area contributed by atoms with Crippen molar-refractivity contribution in [1.82, 2.24) is 5.32 Å². The van der Waals surface area contributed by atoms with Crippen LogP contribution in [0.2, 0.25) is 15.1 Å². The standard InChI is InChI=1S/C19H13Cl3F3NO2/c1-10(27)26-9-13-4-11(2-3-17(13)22)18(28)8-16(19(23,24)25)12-5-14(20)7-15(21)6-12/h2-8H,9H2,1H3,(H,26,27)/b16-8-. The highest BCUT2D eigenvalue weighted by Crippen LogP contribution is 2.36. The second-order valence-corrected chi connectivity index (χ2v) is 7.07. The molecule has 0 saturated carbocycles. The molecule has 28 heavy (non-hydrogen) atoms. The van der Waals surface area contributed by atoms with Gasteiger partial charge in [0, 0.05) is 34.1 Å². The first-order valence-corrected chi connectivity index (χ1v) is 8.93. The Morgan fingerprint density at radius 3 is 2.14 bits per heavy atom. The van der Waals surface area contributed by atoms with Gasteiger partial charge in [-0.25, -0.2) is 0 Å². The summed E-state index contributed by atoms with van der Waals surface area (Å²) in [4.78, 5) is 23.5. The minimum atomic E-state index is -4.81. The summed E-state index contributed by atoms with van der Waals surface area (Å²) in [5, 5.41) is 2.80. The number of alkyl halides is 3. The number of benzene rings is 2. The predicted molar refractivity (Wildman–Crippen MR) is 104 cm³/mol. The number of hydrogen-bond acceptors (Lipinski definition) is 2. The molecule has 0 radical (unpaired) electrons. The molecule has 1 N–H and O–H groups in total. The third kappa shape index (κ3) is 5.99. The van der Waals surface area contributed by atoms with Crippen LogP contribution < -0.4 is 5.32 Å². The van der Waals surface area contributed by atoms with Crippen molar-refractivity contribution in [3.8, 4) is 0 Å². The van der Waals surface area contributed by atoms with Crippen LogP contribution >= 0.6 is 34.8 Å². The van der Waals surface area contributed by atoms with Gasteiger partial charge in [0.1, 0.15) is 0 Å². The SMILES string of the molecule is CC(=O)NCc1cc(C(=O)/C=C(/c2cc(Cl)cc(Cl)c2)C(F)(F)F)ccc1Cl. The molecule has 148 valence electrons. The minimum absolute atomic E-state index is 0.00850. The molecule has 0 heterocycles. The maximum Gasteiger partial charge on any atom is 0.417 e. The molecule has 0 aliphatic carbocycles. The molecule has 2 aromatic carbocycles. The van der Waals surface area contributed by atoms with Crippen molar-refractivity contribution in [2.75, 3.05) is 0 Å². The van der Waals surface area contributed by atoms with Gasteiger partial charge in [0.2, 0.25) is 5.91 Å². The topological polar surface area (TPSA) is 46.2 Å². The molecule has 0 bridgehead atoms. The van der Waals surface area contributed by atoms with E-state index in [9.17, 15) is 22.8 Å².